The molecule has 2 rings (SSSR count). The van der Waals surface area contributed by atoms with Crippen LogP contribution >= 0.6 is 11.8 Å². The Morgan fingerprint density at radius 1 is 1.24 bits per heavy atom. The summed E-state index contributed by atoms with van der Waals surface area (Å²) < 4.78 is 26.0. The van der Waals surface area contributed by atoms with Gasteiger partial charge in [0, 0.05) is 22.3 Å². The first-order valence-corrected chi connectivity index (χ1v) is 7.18. The van der Waals surface area contributed by atoms with Crippen molar-refractivity contribution in [3.8, 4) is 0 Å². The van der Waals surface area contributed by atoms with Crippen molar-refractivity contribution in [3.63, 3.8) is 0 Å². The van der Waals surface area contributed by atoms with Gasteiger partial charge in [-0.15, -0.1) is 11.8 Å². The second-order valence-electron chi connectivity index (χ2n) is 4.47. The van der Waals surface area contributed by atoms with Crippen LogP contribution in [0.25, 0.3) is 0 Å². The Hall–Kier alpha value is -2.08. The van der Waals surface area contributed by atoms with Gasteiger partial charge in [0.15, 0.2) is 0 Å². The minimum atomic E-state index is -0.732. The number of nitrogens with one attached hydrogen (secondary N) is 1. The van der Waals surface area contributed by atoms with Gasteiger partial charge in [0.05, 0.1) is 5.75 Å². The highest BCUT2D eigenvalue weighted by Gasteiger charge is 2.08. The maximum atomic E-state index is 13.0. The third-order valence-corrected chi connectivity index (χ3v) is 3.99. The van der Waals surface area contributed by atoms with Crippen LogP contribution in [0.2, 0.25) is 0 Å². The summed E-state index contributed by atoms with van der Waals surface area (Å²) in [4.78, 5) is 12.7. The molecule has 0 saturated carbocycles. The maximum absolute atomic E-state index is 13.0. The van der Waals surface area contributed by atoms with Gasteiger partial charge >= 0.3 is 0 Å². The van der Waals surface area contributed by atoms with E-state index < -0.39 is 11.6 Å². The normalized spacial score (nSPS) is 10.4. The average molecular weight is 308 g/mol. The highest BCUT2D eigenvalue weighted by Crippen LogP contribution is 2.26. The Morgan fingerprint density at radius 3 is 2.57 bits per heavy atom. The third-order valence-electron chi connectivity index (χ3n) is 2.83. The predicted octanol–water partition coefficient (Wildman–Crippen LogP) is 3.59. The number of hydrogen-bond donors (Lipinski definition) is 2. The molecule has 0 spiro atoms. The summed E-state index contributed by atoms with van der Waals surface area (Å²) >= 11 is 1.32. The Morgan fingerprint density at radius 2 is 1.90 bits per heavy atom. The number of halogens is 2. The van der Waals surface area contributed by atoms with Crippen LogP contribution in [0, 0.1) is 18.6 Å². The molecule has 0 saturated heterocycles. The number of rotatable bonds is 4. The van der Waals surface area contributed by atoms with Crippen molar-refractivity contribution < 1.29 is 13.6 Å². The number of nitrogens with two attached hydrogens (primary N) is 1. The van der Waals surface area contributed by atoms with Gasteiger partial charge in [0.2, 0.25) is 5.91 Å². The lowest BCUT2D eigenvalue weighted by Crippen LogP contribution is -2.14. The molecular formula is C15H14F2N2OS. The fourth-order valence-corrected chi connectivity index (χ4v) is 2.62. The van der Waals surface area contributed by atoms with E-state index in [1.807, 2.05) is 19.1 Å². The number of amides is 1. The van der Waals surface area contributed by atoms with Crippen molar-refractivity contribution in [1.82, 2.24) is 0 Å². The maximum Gasteiger partial charge on any atom is 0.234 e. The van der Waals surface area contributed by atoms with E-state index in [4.69, 9.17) is 5.73 Å². The number of carbonyl (C=O) groups is 1. The van der Waals surface area contributed by atoms with Gasteiger partial charge in [-0.3, -0.25) is 4.79 Å². The molecule has 0 aliphatic rings. The van der Waals surface area contributed by atoms with Crippen LogP contribution in [0.1, 0.15) is 5.56 Å². The van der Waals surface area contributed by atoms with Crippen LogP contribution in [0.15, 0.2) is 41.3 Å². The summed E-state index contributed by atoms with van der Waals surface area (Å²) in [7, 11) is 0. The van der Waals surface area contributed by atoms with Crippen molar-refractivity contribution in [2.45, 2.75) is 11.8 Å². The molecule has 0 fully saturated rings. The molecule has 2 aromatic carbocycles. The standard InChI is InChI=1S/C15H14F2N2OS/c1-9-13(18)3-2-4-14(9)21-8-15(20)19-12-6-10(16)5-11(17)7-12/h2-7H,8,18H2,1H3,(H,19,20). The van der Waals surface area contributed by atoms with Gasteiger partial charge in [-0.05, 0) is 36.8 Å². The lowest BCUT2D eigenvalue weighted by atomic mass is 10.2. The van der Waals surface area contributed by atoms with Crippen molar-refractivity contribution in [2.24, 2.45) is 0 Å². The highest BCUT2D eigenvalue weighted by molar-refractivity contribution is 8.00. The Balaban J connectivity index is 1.97. The molecule has 21 heavy (non-hydrogen) atoms. The fraction of sp³-hybridized carbons (Fsp3) is 0.133. The molecule has 0 aliphatic heterocycles. The van der Waals surface area contributed by atoms with E-state index in [2.05, 4.69) is 5.32 Å². The first kappa shape index (κ1) is 15.3. The van der Waals surface area contributed by atoms with Crippen molar-refractivity contribution in [2.75, 3.05) is 16.8 Å². The summed E-state index contributed by atoms with van der Waals surface area (Å²) in [6.45, 7) is 1.87. The average Bonchev–Trinajstić information content (AvgIpc) is 2.39. The molecule has 0 unspecified atom stereocenters. The molecule has 6 heteroatoms. The second-order valence-corrected chi connectivity index (χ2v) is 5.48. The summed E-state index contributed by atoms with van der Waals surface area (Å²) in [5, 5.41) is 2.46. The quantitative estimate of drug-likeness (QED) is 0.670. The lowest BCUT2D eigenvalue weighted by molar-refractivity contribution is -0.113. The van der Waals surface area contributed by atoms with Crippen LogP contribution in [-0.4, -0.2) is 11.7 Å². The van der Waals surface area contributed by atoms with E-state index in [1.54, 1.807) is 6.07 Å². The van der Waals surface area contributed by atoms with Crippen LogP contribution < -0.4 is 11.1 Å². The zero-order valence-corrected chi connectivity index (χ0v) is 12.1. The summed E-state index contributed by atoms with van der Waals surface area (Å²) in [5.74, 6) is -1.68. The van der Waals surface area contributed by atoms with E-state index in [-0.39, 0.29) is 17.3 Å². The fourth-order valence-electron chi connectivity index (χ4n) is 1.75. The first-order chi connectivity index (χ1) is 9.95. The van der Waals surface area contributed by atoms with Crippen LogP contribution in [-0.2, 0) is 4.79 Å². The molecular weight excluding hydrogens is 294 g/mol. The zero-order valence-electron chi connectivity index (χ0n) is 11.3. The van der Waals surface area contributed by atoms with E-state index >= 15 is 0 Å². The number of carbonyl (C=O) groups excluding carboxylic acids is 1. The Kier molecular flexibility index (Phi) is 4.80. The zero-order chi connectivity index (χ0) is 15.4. The van der Waals surface area contributed by atoms with Gasteiger partial charge in [-0.2, -0.15) is 0 Å². The summed E-state index contributed by atoms with van der Waals surface area (Å²) in [5.41, 5.74) is 7.46. The smallest absolute Gasteiger partial charge is 0.234 e. The lowest BCUT2D eigenvalue weighted by Gasteiger charge is -2.08. The number of hydrogen-bond acceptors (Lipinski definition) is 3. The molecule has 0 bridgehead atoms. The van der Waals surface area contributed by atoms with E-state index in [1.165, 1.54) is 11.8 Å². The van der Waals surface area contributed by atoms with Crippen molar-refractivity contribution >= 4 is 29.0 Å². The van der Waals surface area contributed by atoms with Gasteiger partial charge in [-0.1, -0.05) is 6.07 Å². The van der Waals surface area contributed by atoms with E-state index in [0.29, 0.717) is 5.69 Å². The predicted molar refractivity (Wildman–Crippen MR) is 81.3 cm³/mol. The van der Waals surface area contributed by atoms with Gasteiger partial charge in [-0.25, -0.2) is 8.78 Å². The SMILES string of the molecule is Cc1c(N)cccc1SCC(=O)Nc1cc(F)cc(F)c1. The molecule has 3 N–H and O–H groups in total. The number of benzene rings is 2. The minimum Gasteiger partial charge on any atom is -0.398 e. The number of anilines is 2. The van der Waals surface area contributed by atoms with Gasteiger partial charge < -0.3 is 11.1 Å². The molecule has 0 aromatic heterocycles. The summed E-state index contributed by atoms with van der Waals surface area (Å²) in [6, 6.07) is 8.35. The van der Waals surface area contributed by atoms with Crippen molar-refractivity contribution in [3.05, 3.63) is 53.6 Å². The van der Waals surface area contributed by atoms with E-state index in [9.17, 15) is 13.6 Å². The third kappa shape index (κ3) is 4.19. The van der Waals surface area contributed by atoms with Gasteiger partial charge in [0.25, 0.3) is 0 Å². The van der Waals surface area contributed by atoms with Crippen molar-refractivity contribution in [1.29, 1.82) is 0 Å². The van der Waals surface area contributed by atoms with Crippen LogP contribution in [0.4, 0.5) is 20.2 Å². The highest BCUT2D eigenvalue weighted by atomic mass is 32.2. The molecule has 0 aliphatic carbocycles. The Bertz CT molecular complexity index is 656. The van der Waals surface area contributed by atoms with Gasteiger partial charge in [0.1, 0.15) is 11.6 Å². The second kappa shape index (κ2) is 6.58. The molecule has 0 atom stereocenters. The summed E-state index contributed by atoms with van der Waals surface area (Å²) in [6.07, 6.45) is 0. The monoisotopic (exact) mass is 308 g/mol. The van der Waals surface area contributed by atoms with Crippen LogP contribution in [0.5, 0.6) is 0 Å². The first-order valence-electron chi connectivity index (χ1n) is 6.19. The molecule has 2 aromatic rings. The molecule has 3 nitrogen and oxygen atoms in total. The molecule has 0 heterocycles. The molecule has 1 amide bonds. The minimum absolute atomic E-state index is 0.0994. The van der Waals surface area contributed by atoms with Crippen LogP contribution in [0.3, 0.4) is 0 Å². The molecule has 110 valence electrons. The topological polar surface area (TPSA) is 55.1 Å². The van der Waals surface area contributed by atoms with E-state index in [0.717, 1.165) is 28.7 Å². The molecule has 0 radical (unpaired) electrons. The largest absolute Gasteiger partial charge is 0.398 e. The Labute approximate surface area is 125 Å². The number of nitrogen functional groups attached to an aromatic ring is 1. The number of thioether (sulfide) groups is 1.